The maximum atomic E-state index is 13.3. The van der Waals surface area contributed by atoms with Crippen molar-refractivity contribution in [1.29, 1.82) is 0 Å². The van der Waals surface area contributed by atoms with E-state index in [9.17, 15) is 19.5 Å². The van der Waals surface area contributed by atoms with Gasteiger partial charge in [0.2, 0.25) is 11.8 Å². The Balaban J connectivity index is 0.834. The number of benzene rings is 3. The maximum Gasteiger partial charge on any atom is 0.255 e. The number of rotatable bonds is 7. The van der Waals surface area contributed by atoms with Crippen LogP contribution in [0.4, 0.5) is 11.4 Å². The lowest BCUT2D eigenvalue weighted by Crippen LogP contribution is -2.52. The zero-order valence-corrected chi connectivity index (χ0v) is 28.6. The minimum absolute atomic E-state index is 0.141. The summed E-state index contributed by atoms with van der Waals surface area (Å²) in [5, 5.41) is 20.8. The molecule has 12 nitrogen and oxygen atoms in total. The summed E-state index contributed by atoms with van der Waals surface area (Å²) in [6.07, 6.45) is 6.91. The van der Waals surface area contributed by atoms with Crippen molar-refractivity contribution in [2.24, 2.45) is 10.8 Å². The van der Waals surface area contributed by atoms with Gasteiger partial charge in [0, 0.05) is 84.9 Å². The topological polar surface area (TPSA) is 156 Å². The van der Waals surface area contributed by atoms with Crippen LogP contribution < -0.4 is 26.7 Å². The van der Waals surface area contributed by atoms with Crippen LogP contribution in [0.5, 0.6) is 5.75 Å². The quantitative estimate of drug-likeness (QED) is 0.234. The standard InChI is InChI=1S/C39H44N8O4/c40-37-30(22-33(43-44-37)29-4-1-2-7-35(29)48)24-8-10-26(11-9-24)46-20-16-27(17-21-46)45-18-14-25(15-19-45)41-32-6-3-5-28-31(32)23-47(39(28)51)34-12-13-36(49)42-38(34)50/h1-11,22,25,27,33-34,41,43,48H,12-21,23H2,(H2,40,44)(H,42,49,50). The number of carbonyl (C=O) groups excluding carboxylic acids is 3. The summed E-state index contributed by atoms with van der Waals surface area (Å²) >= 11 is 0. The van der Waals surface area contributed by atoms with Crippen LogP contribution in [-0.2, 0) is 16.1 Å². The van der Waals surface area contributed by atoms with Gasteiger partial charge in [0.05, 0.1) is 6.04 Å². The van der Waals surface area contributed by atoms with E-state index in [1.807, 2.05) is 36.4 Å². The number of aromatic hydroxyl groups is 1. The van der Waals surface area contributed by atoms with Crippen LogP contribution in [-0.4, -0.2) is 82.8 Å². The van der Waals surface area contributed by atoms with Crippen LogP contribution in [0.25, 0.3) is 5.57 Å². The van der Waals surface area contributed by atoms with E-state index in [1.54, 1.807) is 17.0 Å². The number of hydrogen-bond donors (Lipinski definition) is 5. The molecule has 3 aromatic carbocycles. The third kappa shape index (κ3) is 6.51. The summed E-state index contributed by atoms with van der Waals surface area (Å²) in [4.78, 5) is 44.1. The molecule has 5 heterocycles. The molecular weight excluding hydrogens is 644 g/mol. The van der Waals surface area contributed by atoms with Crippen molar-refractivity contribution >= 4 is 40.5 Å². The smallest absolute Gasteiger partial charge is 0.255 e. The number of fused-ring (bicyclic) bond motifs is 1. The third-order valence-corrected chi connectivity index (χ3v) is 11.2. The number of amidine groups is 1. The Labute approximate surface area is 297 Å². The Bertz CT molecular complexity index is 1890. The first kappa shape index (κ1) is 32.8. The average Bonchev–Trinajstić information content (AvgIpc) is 3.49. The molecule has 0 saturated carbocycles. The van der Waals surface area contributed by atoms with Gasteiger partial charge >= 0.3 is 0 Å². The van der Waals surface area contributed by atoms with E-state index in [0.717, 1.165) is 79.8 Å². The van der Waals surface area contributed by atoms with E-state index in [4.69, 9.17) is 5.73 Å². The van der Waals surface area contributed by atoms with Crippen molar-refractivity contribution in [1.82, 2.24) is 20.5 Å². The fourth-order valence-corrected chi connectivity index (χ4v) is 8.33. The lowest BCUT2D eigenvalue weighted by Gasteiger charge is -2.42. The summed E-state index contributed by atoms with van der Waals surface area (Å²) in [6, 6.07) is 21.6. The van der Waals surface area contributed by atoms with E-state index in [-0.39, 0.29) is 35.9 Å². The molecule has 5 aliphatic rings. The maximum absolute atomic E-state index is 13.3. The molecule has 3 aromatic rings. The number of nitrogens with two attached hydrogens (primary N) is 1. The van der Waals surface area contributed by atoms with E-state index in [2.05, 4.69) is 55.2 Å². The Morgan fingerprint density at radius 3 is 2.37 bits per heavy atom. The summed E-state index contributed by atoms with van der Waals surface area (Å²) in [5.74, 6) is -0.160. The van der Waals surface area contributed by atoms with E-state index < -0.39 is 6.04 Å². The first-order chi connectivity index (χ1) is 24.8. The highest BCUT2D eigenvalue weighted by atomic mass is 16.3. The number of piperidine rings is 3. The number of phenolic OH excluding ortho intramolecular Hbond substituents is 1. The monoisotopic (exact) mass is 688 g/mol. The molecule has 6 N–H and O–H groups in total. The lowest BCUT2D eigenvalue weighted by molar-refractivity contribution is -0.136. The van der Waals surface area contributed by atoms with Gasteiger partial charge in [-0.1, -0.05) is 36.4 Å². The number of anilines is 2. The molecule has 0 radical (unpaired) electrons. The number of hydrazone groups is 1. The van der Waals surface area contributed by atoms with Crippen molar-refractivity contribution in [2.75, 3.05) is 36.4 Å². The predicted molar refractivity (Wildman–Crippen MR) is 196 cm³/mol. The van der Waals surface area contributed by atoms with Crippen LogP contribution in [0, 0.1) is 0 Å². The molecule has 3 amide bonds. The summed E-state index contributed by atoms with van der Waals surface area (Å²) < 4.78 is 0. The molecule has 264 valence electrons. The van der Waals surface area contributed by atoms with Crippen LogP contribution in [0.15, 0.2) is 77.9 Å². The molecule has 8 rings (SSSR count). The molecule has 2 atom stereocenters. The number of likely N-dealkylation sites (tertiary alicyclic amines) is 1. The molecule has 12 heteroatoms. The van der Waals surface area contributed by atoms with E-state index in [1.165, 1.54) is 5.69 Å². The molecule has 3 fully saturated rings. The van der Waals surface area contributed by atoms with Gasteiger partial charge in [0.25, 0.3) is 5.91 Å². The number of para-hydroxylation sites is 1. The molecule has 0 bridgehead atoms. The molecule has 3 saturated heterocycles. The summed E-state index contributed by atoms with van der Waals surface area (Å²) in [5.41, 5.74) is 15.7. The second-order valence-corrected chi connectivity index (χ2v) is 14.2. The number of phenols is 1. The fourth-order valence-electron chi connectivity index (χ4n) is 8.33. The number of amides is 3. The first-order valence-electron chi connectivity index (χ1n) is 18.0. The Morgan fingerprint density at radius 2 is 1.63 bits per heavy atom. The van der Waals surface area contributed by atoms with Crippen LogP contribution in [0.2, 0.25) is 0 Å². The largest absolute Gasteiger partial charge is 0.508 e. The second-order valence-electron chi connectivity index (χ2n) is 14.2. The van der Waals surface area contributed by atoms with E-state index in [0.29, 0.717) is 36.4 Å². The second kappa shape index (κ2) is 13.7. The van der Waals surface area contributed by atoms with Gasteiger partial charge in [-0.15, -0.1) is 0 Å². The van der Waals surface area contributed by atoms with Gasteiger partial charge in [-0.25, -0.2) is 0 Å². The van der Waals surface area contributed by atoms with Gasteiger partial charge in [-0.05, 0) is 74.1 Å². The van der Waals surface area contributed by atoms with Gasteiger partial charge in [-0.2, -0.15) is 5.10 Å². The zero-order valence-electron chi connectivity index (χ0n) is 28.6. The van der Waals surface area contributed by atoms with Crippen LogP contribution in [0.3, 0.4) is 0 Å². The van der Waals surface area contributed by atoms with Gasteiger partial charge in [0.1, 0.15) is 11.8 Å². The molecule has 0 aliphatic carbocycles. The first-order valence-corrected chi connectivity index (χ1v) is 18.0. The Kier molecular flexibility index (Phi) is 8.85. The van der Waals surface area contributed by atoms with Crippen molar-refractivity contribution in [3.63, 3.8) is 0 Å². The van der Waals surface area contributed by atoms with Gasteiger partial charge in [0.15, 0.2) is 5.84 Å². The summed E-state index contributed by atoms with van der Waals surface area (Å²) in [6.45, 7) is 4.44. The summed E-state index contributed by atoms with van der Waals surface area (Å²) in [7, 11) is 0. The minimum atomic E-state index is -0.610. The van der Waals surface area contributed by atoms with E-state index >= 15 is 0 Å². The Hall–Kier alpha value is -5.36. The Morgan fingerprint density at radius 1 is 0.863 bits per heavy atom. The van der Waals surface area contributed by atoms with Crippen molar-refractivity contribution in [3.05, 3.63) is 95.1 Å². The lowest BCUT2D eigenvalue weighted by atomic mass is 9.96. The fraction of sp³-hybridized carbons (Fsp3) is 0.385. The molecule has 51 heavy (non-hydrogen) atoms. The number of imide groups is 1. The number of nitrogens with one attached hydrogen (secondary N) is 3. The molecule has 5 aliphatic heterocycles. The van der Waals surface area contributed by atoms with Gasteiger partial charge in [-0.3, -0.25) is 25.1 Å². The number of nitrogens with zero attached hydrogens (tertiary/aromatic N) is 4. The number of carbonyl (C=O) groups is 3. The zero-order chi connectivity index (χ0) is 35.1. The highest BCUT2D eigenvalue weighted by Gasteiger charge is 2.40. The minimum Gasteiger partial charge on any atom is -0.508 e. The van der Waals surface area contributed by atoms with Crippen LogP contribution in [0.1, 0.15) is 71.6 Å². The highest BCUT2D eigenvalue weighted by Crippen LogP contribution is 2.35. The number of hydrogen-bond acceptors (Lipinski definition) is 10. The van der Waals surface area contributed by atoms with Gasteiger partial charge < -0.3 is 30.9 Å². The SMILES string of the molecule is NC1=NNC(c2ccccc2O)C=C1c1ccc(N2CCC(N3CCC(Nc4cccc5c4CN(C4CCC(=O)NC4=O)C5=O)CC3)CC2)cc1. The normalized spacial score (nSPS) is 23.3. The van der Waals surface area contributed by atoms with Crippen molar-refractivity contribution in [2.45, 2.75) is 69.2 Å². The molecule has 2 unspecified atom stereocenters. The predicted octanol–water partition coefficient (Wildman–Crippen LogP) is 3.70. The molecule has 0 aromatic heterocycles. The molecule has 0 spiro atoms. The van der Waals surface area contributed by atoms with Crippen LogP contribution >= 0.6 is 0 Å². The van der Waals surface area contributed by atoms with Crippen molar-refractivity contribution < 1.29 is 19.5 Å². The highest BCUT2D eigenvalue weighted by molar-refractivity contribution is 6.22. The average molecular weight is 689 g/mol. The van der Waals surface area contributed by atoms with Crippen molar-refractivity contribution in [3.8, 4) is 5.75 Å². The third-order valence-electron chi connectivity index (χ3n) is 11.2. The molecular formula is C39H44N8O4.